The second-order valence-corrected chi connectivity index (χ2v) is 7.39. The molecule has 0 amide bonds. The number of isocyanates is 1. The minimum Gasteiger partial charge on any atom is -0.212 e. The lowest BCUT2D eigenvalue weighted by Crippen LogP contribution is -2.46. The fourth-order valence-electron chi connectivity index (χ4n) is 2.91. The third-order valence-corrected chi connectivity index (χ3v) is 6.29. The number of piperidine rings is 1. The van der Waals surface area contributed by atoms with Gasteiger partial charge in [0.05, 0.1) is 11.3 Å². The van der Waals surface area contributed by atoms with Gasteiger partial charge in [-0.2, -0.15) is 4.31 Å². The molecule has 0 bridgehead atoms. The van der Waals surface area contributed by atoms with Crippen LogP contribution in [0.3, 0.4) is 0 Å². The summed E-state index contributed by atoms with van der Waals surface area (Å²) in [4.78, 5) is 14.0. The molecule has 0 N–H and O–H groups in total. The molecule has 102 valence electrons. The largest absolute Gasteiger partial charge is 0.235 e. The van der Waals surface area contributed by atoms with Crippen LogP contribution in [0, 0.1) is 0 Å². The second kappa shape index (κ2) is 5.95. The Morgan fingerprint density at radius 3 is 2.44 bits per heavy atom. The van der Waals surface area contributed by atoms with Crippen LogP contribution in [0.1, 0.15) is 44.9 Å². The quantitative estimate of drug-likeness (QED) is 0.577. The van der Waals surface area contributed by atoms with Gasteiger partial charge in [-0.25, -0.2) is 18.2 Å². The van der Waals surface area contributed by atoms with Crippen LogP contribution in [0.4, 0.5) is 0 Å². The van der Waals surface area contributed by atoms with Gasteiger partial charge in [-0.3, -0.25) is 0 Å². The normalized spacial score (nSPS) is 27.7. The highest BCUT2D eigenvalue weighted by atomic mass is 32.2. The molecule has 0 aromatic rings. The van der Waals surface area contributed by atoms with Crippen molar-refractivity contribution in [3.05, 3.63) is 0 Å². The SMILES string of the molecule is O=C=NC1CCCN(S(=O)(=O)C2CCCCC2)C1. The predicted molar refractivity (Wildman–Crippen MR) is 68.5 cm³/mol. The molecule has 2 aliphatic rings. The van der Waals surface area contributed by atoms with Gasteiger partial charge in [0.2, 0.25) is 16.1 Å². The van der Waals surface area contributed by atoms with E-state index in [0.717, 1.165) is 44.9 Å². The molecule has 1 saturated carbocycles. The van der Waals surface area contributed by atoms with E-state index < -0.39 is 10.0 Å². The molecule has 0 aromatic heterocycles. The van der Waals surface area contributed by atoms with E-state index in [1.165, 1.54) is 4.31 Å². The summed E-state index contributed by atoms with van der Waals surface area (Å²) in [7, 11) is -3.19. The Kier molecular flexibility index (Phi) is 4.54. The van der Waals surface area contributed by atoms with E-state index in [2.05, 4.69) is 4.99 Å². The van der Waals surface area contributed by atoms with Crippen LogP contribution >= 0.6 is 0 Å². The van der Waals surface area contributed by atoms with Crippen LogP contribution < -0.4 is 0 Å². The number of nitrogens with zero attached hydrogens (tertiary/aromatic N) is 2. The Bertz CT molecular complexity index is 423. The Labute approximate surface area is 108 Å². The molecule has 1 atom stereocenters. The molecule has 2 fully saturated rings. The molecule has 0 radical (unpaired) electrons. The minimum atomic E-state index is -3.19. The topological polar surface area (TPSA) is 66.8 Å². The van der Waals surface area contributed by atoms with Crippen molar-refractivity contribution in [2.45, 2.75) is 56.2 Å². The summed E-state index contributed by atoms with van der Waals surface area (Å²) in [5.41, 5.74) is 0. The monoisotopic (exact) mass is 272 g/mol. The molecular weight excluding hydrogens is 252 g/mol. The molecule has 2 rings (SSSR count). The standard InChI is InChI=1S/C12H20N2O3S/c15-10-13-11-5-4-8-14(9-11)18(16,17)12-6-2-1-3-7-12/h11-12H,1-9H2. The van der Waals surface area contributed by atoms with Crippen LogP contribution in [-0.4, -0.2) is 43.2 Å². The van der Waals surface area contributed by atoms with E-state index in [1.807, 2.05) is 0 Å². The molecule has 6 heteroatoms. The molecular formula is C12H20N2O3S. The molecule has 1 saturated heterocycles. The van der Waals surface area contributed by atoms with E-state index in [-0.39, 0.29) is 11.3 Å². The maximum absolute atomic E-state index is 12.5. The van der Waals surface area contributed by atoms with Crippen LogP contribution in [0.25, 0.3) is 0 Å². The summed E-state index contributed by atoms with van der Waals surface area (Å²) in [6.45, 7) is 0.928. The Morgan fingerprint density at radius 1 is 1.06 bits per heavy atom. The molecule has 0 spiro atoms. The van der Waals surface area contributed by atoms with Gasteiger partial charge >= 0.3 is 0 Å². The van der Waals surface area contributed by atoms with Crippen molar-refractivity contribution in [1.29, 1.82) is 0 Å². The van der Waals surface area contributed by atoms with Crippen molar-refractivity contribution in [3.63, 3.8) is 0 Å². The van der Waals surface area contributed by atoms with Crippen molar-refractivity contribution < 1.29 is 13.2 Å². The lowest BCUT2D eigenvalue weighted by molar-refractivity contribution is 0.308. The van der Waals surface area contributed by atoms with E-state index in [1.54, 1.807) is 6.08 Å². The zero-order valence-corrected chi connectivity index (χ0v) is 11.4. The average Bonchev–Trinajstić information content (AvgIpc) is 2.40. The molecule has 1 unspecified atom stereocenters. The summed E-state index contributed by atoms with van der Waals surface area (Å²) in [6.07, 6.45) is 7.82. The molecule has 1 heterocycles. The first kappa shape index (κ1) is 13.7. The van der Waals surface area contributed by atoms with Gasteiger partial charge in [-0.15, -0.1) is 0 Å². The van der Waals surface area contributed by atoms with Gasteiger partial charge in [-0.1, -0.05) is 19.3 Å². The van der Waals surface area contributed by atoms with E-state index >= 15 is 0 Å². The fraction of sp³-hybridized carbons (Fsp3) is 0.917. The molecule has 5 nitrogen and oxygen atoms in total. The van der Waals surface area contributed by atoms with Crippen molar-refractivity contribution in [1.82, 2.24) is 4.31 Å². The maximum Gasteiger partial charge on any atom is 0.235 e. The van der Waals surface area contributed by atoms with Gasteiger partial charge in [0.1, 0.15) is 0 Å². The van der Waals surface area contributed by atoms with Crippen molar-refractivity contribution in [3.8, 4) is 0 Å². The maximum atomic E-state index is 12.5. The van der Waals surface area contributed by atoms with Gasteiger partial charge in [0.25, 0.3) is 0 Å². The average molecular weight is 272 g/mol. The first-order chi connectivity index (χ1) is 8.64. The number of rotatable bonds is 3. The van der Waals surface area contributed by atoms with Gasteiger partial charge in [0.15, 0.2) is 0 Å². The second-order valence-electron chi connectivity index (χ2n) is 5.18. The summed E-state index contributed by atoms with van der Waals surface area (Å²) in [5.74, 6) is 0. The first-order valence-electron chi connectivity index (χ1n) is 6.70. The molecule has 1 aliphatic heterocycles. The summed E-state index contributed by atoms with van der Waals surface area (Å²) in [6, 6.07) is -0.199. The zero-order valence-electron chi connectivity index (χ0n) is 10.5. The fourth-order valence-corrected chi connectivity index (χ4v) is 5.02. The predicted octanol–water partition coefficient (Wildman–Crippen LogP) is 1.45. The van der Waals surface area contributed by atoms with Crippen molar-refractivity contribution >= 4 is 16.1 Å². The number of hydrogen-bond donors (Lipinski definition) is 0. The van der Waals surface area contributed by atoms with Gasteiger partial charge in [-0.05, 0) is 25.7 Å². The lowest BCUT2D eigenvalue weighted by Gasteiger charge is -2.33. The molecule has 0 aromatic carbocycles. The van der Waals surface area contributed by atoms with E-state index in [0.29, 0.717) is 13.1 Å². The first-order valence-corrected chi connectivity index (χ1v) is 8.21. The highest BCUT2D eigenvalue weighted by molar-refractivity contribution is 7.89. The van der Waals surface area contributed by atoms with E-state index in [4.69, 9.17) is 0 Å². The molecule has 1 aliphatic carbocycles. The van der Waals surface area contributed by atoms with Gasteiger partial charge < -0.3 is 0 Å². The van der Waals surface area contributed by atoms with Crippen molar-refractivity contribution in [2.24, 2.45) is 4.99 Å². The third kappa shape index (κ3) is 2.99. The Hall–Kier alpha value is -0.710. The van der Waals surface area contributed by atoms with Gasteiger partial charge in [0, 0.05) is 13.1 Å². The Morgan fingerprint density at radius 2 is 1.78 bits per heavy atom. The van der Waals surface area contributed by atoms with Crippen LogP contribution in [-0.2, 0) is 14.8 Å². The number of sulfonamides is 1. The van der Waals surface area contributed by atoms with Crippen LogP contribution in [0.2, 0.25) is 0 Å². The zero-order chi connectivity index (χ0) is 13.0. The summed E-state index contributed by atoms with van der Waals surface area (Å²) in [5, 5.41) is -0.217. The smallest absolute Gasteiger partial charge is 0.212 e. The number of hydrogen-bond acceptors (Lipinski definition) is 4. The third-order valence-electron chi connectivity index (χ3n) is 3.93. The lowest BCUT2D eigenvalue weighted by atomic mass is 10.0. The van der Waals surface area contributed by atoms with Crippen molar-refractivity contribution in [2.75, 3.05) is 13.1 Å². The Balaban J connectivity index is 2.06. The summed E-state index contributed by atoms with van der Waals surface area (Å²) >= 11 is 0. The van der Waals surface area contributed by atoms with Crippen LogP contribution in [0.15, 0.2) is 4.99 Å². The van der Waals surface area contributed by atoms with E-state index in [9.17, 15) is 13.2 Å². The minimum absolute atomic E-state index is 0.199. The molecule has 18 heavy (non-hydrogen) atoms. The highest BCUT2D eigenvalue weighted by Gasteiger charge is 2.35. The summed E-state index contributed by atoms with van der Waals surface area (Å²) < 4.78 is 26.5. The highest BCUT2D eigenvalue weighted by Crippen LogP contribution is 2.28. The number of carbonyl (C=O) groups excluding carboxylic acids is 1. The number of aliphatic imine (C=N–C) groups is 1. The van der Waals surface area contributed by atoms with Crippen LogP contribution in [0.5, 0.6) is 0 Å².